The number of rotatable bonds is 0. The Morgan fingerprint density at radius 1 is 1.14 bits per heavy atom. The fraction of sp³-hybridized carbons (Fsp3) is 0. The molecule has 0 saturated heterocycles. The van der Waals surface area contributed by atoms with Gasteiger partial charge in [-0.05, 0) is 0 Å². The zero-order chi connectivity index (χ0) is 2.71. The summed E-state index contributed by atoms with van der Waals surface area (Å²) in [5.74, 6) is 6.75. The maximum absolute atomic E-state index is 6.75. The summed E-state index contributed by atoms with van der Waals surface area (Å²) in [5.41, 5.74) is 6.75. The summed E-state index contributed by atoms with van der Waals surface area (Å²) < 4.78 is 0. The van der Waals surface area contributed by atoms with Gasteiger partial charge in [-0.25, -0.2) is 0 Å². The fourth-order valence-corrected chi connectivity index (χ4v) is 0. The van der Waals surface area contributed by atoms with Crippen molar-refractivity contribution in [2.45, 2.75) is 0 Å². The molecular formula is Cl3N3Sn. The molecule has 0 N–H and O–H groups in total. The molecule has 2 radical (unpaired) electrons. The second kappa shape index (κ2) is 60.8. The Kier molecular flexibility index (Phi) is 372. The number of hydrogen-bond donors (Lipinski definition) is 0. The van der Waals surface area contributed by atoms with E-state index in [4.69, 9.17) is 11.4 Å². The quantitative estimate of drug-likeness (QED) is 0.238. The van der Waals surface area contributed by atoms with Crippen LogP contribution in [0.15, 0.2) is 5.22 Å². The minimum Gasteiger partial charge on any atom is -1.00 e. The fourth-order valence-electron chi connectivity index (χ4n) is 0. The predicted octanol–water partition coefficient (Wildman–Crippen LogP) is -9.38. The van der Waals surface area contributed by atoms with Crippen molar-refractivity contribution in [1.29, 1.82) is 0 Å². The van der Waals surface area contributed by atoms with Crippen LogP contribution >= 0.6 is 0 Å². The maximum atomic E-state index is 6.75. The second-order valence-electron chi connectivity index (χ2n) is 0.0894. The van der Waals surface area contributed by atoms with Crippen LogP contribution in [0.1, 0.15) is 0 Å². The van der Waals surface area contributed by atoms with Gasteiger partial charge < -0.3 is 48.6 Å². The Labute approximate surface area is 77.5 Å². The summed E-state index contributed by atoms with van der Waals surface area (Å²) in [6, 6.07) is 0. The average Bonchev–Trinajstić information content (AvgIpc) is 0.918. The van der Waals surface area contributed by atoms with Gasteiger partial charge in [-0.2, -0.15) is 0 Å². The first-order valence-corrected chi connectivity index (χ1v) is 0.400. The molecule has 0 heterocycles. The topological polar surface area (TPSA) is 57.0 Å². The summed E-state index contributed by atoms with van der Waals surface area (Å²) in [5, 5.41) is 1.50. The van der Waals surface area contributed by atoms with Crippen LogP contribution in [0.25, 0.3) is 5.53 Å². The van der Waals surface area contributed by atoms with E-state index < -0.39 is 0 Å². The van der Waals surface area contributed by atoms with E-state index in [1.54, 1.807) is 0 Å². The summed E-state index contributed by atoms with van der Waals surface area (Å²) in [6.07, 6.45) is 0. The second-order valence-corrected chi connectivity index (χ2v) is 0.0894. The molecule has 3 nitrogen and oxygen atoms in total. The Morgan fingerprint density at radius 3 is 1.14 bits per heavy atom. The van der Waals surface area contributed by atoms with Crippen molar-refractivity contribution >= 4 is 23.9 Å². The number of nitrogens with zero attached hydrogens (tertiary/aromatic N) is 3. The Morgan fingerprint density at radius 2 is 1.14 bits per heavy atom. The van der Waals surface area contributed by atoms with E-state index in [9.17, 15) is 0 Å². The first-order valence-electron chi connectivity index (χ1n) is 0.400. The normalized spacial score (nSPS) is 1.71. The first kappa shape index (κ1) is 42.8. The number of hydrogen-bond acceptors (Lipinski definition) is 1. The van der Waals surface area contributed by atoms with Crippen molar-refractivity contribution in [3.8, 4) is 0 Å². The van der Waals surface area contributed by atoms with Gasteiger partial charge in [-0.15, -0.1) is 0 Å². The van der Waals surface area contributed by atoms with Crippen LogP contribution in [0.5, 0.6) is 0 Å². The van der Waals surface area contributed by atoms with Crippen LogP contribution in [0, 0.1) is 0 Å². The smallest absolute Gasteiger partial charge is 1.00 e. The zero-order valence-corrected chi connectivity index (χ0v) is 8.10. The summed E-state index contributed by atoms with van der Waals surface area (Å²) in [4.78, 5) is 0. The average molecular weight is 267 g/mol. The van der Waals surface area contributed by atoms with E-state index in [0.29, 0.717) is 0 Å². The van der Waals surface area contributed by atoms with Crippen molar-refractivity contribution < 1.29 is 37.2 Å². The van der Waals surface area contributed by atoms with Gasteiger partial charge in [0, 0.05) is 0 Å². The molecule has 0 unspecified atom stereocenters. The van der Waals surface area contributed by atoms with E-state index in [2.05, 4.69) is 0 Å². The first-order chi connectivity index (χ1) is 1.41. The van der Waals surface area contributed by atoms with Crippen LogP contribution < -0.4 is 43.1 Å². The third-order valence-electron chi connectivity index (χ3n) is 0. The van der Waals surface area contributed by atoms with Crippen LogP contribution in [0.2, 0.25) is 0 Å². The maximum Gasteiger partial charge on any atom is 4.00 e. The van der Waals surface area contributed by atoms with Crippen LogP contribution in [0.3, 0.4) is 0 Å². The molecule has 40 valence electrons. The molecule has 0 aromatic carbocycles. The third-order valence-corrected chi connectivity index (χ3v) is 0. The predicted molar refractivity (Wildman–Crippen MR) is 13.7 cm³/mol. The SMILES string of the molecule is [Cl-].[Cl-].[Cl-].[N]N=[N-].[Sn+4]. The molecule has 0 atom stereocenters. The van der Waals surface area contributed by atoms with Crippen LogP contribution in [-0.4, -0.2) is 23.9 Å². The summed E-state index contributed by atoms with van der Waals surface area (Å²) in [7, 11) is 0. The van der Waals surface area contributed by atoms with Crippen molar-refractivity contribution in [3.05, 3.63) is 5.53 Å². The Bertz CT molecular complexity index is 17.7. The van der Waals surface area contributed by atoms with Gasteiger partial charge in [0.2, 0.25) is 0 Å². The Hall–Kier alpha value is 1.07. The zero-order valence-electron chi connectivity index (χ0n) is 2.98. The monoisotopic (exact) mass is 267 g/mol. The van der Waals surface area contributed by atoms with Gasteiger partial charge in [0.05, 0.1) is 0 Å². The molecule has 0 saturated carbocycles. The molecule has 0 aromatic rings. The molecule has 0 spiro atoms. The summed E-state index contributed by atoms with van der Waals surface area (Å²) in [6.45, 7) is 0. The van der Waals surface area contributed by atoms with Crippen LogP contribution in [0.4, 0.5) is 0 Å². The summed E-state index contributed by atoms with van der Waals surface area (Å²) >= 11 is 0. The van der Waals surface area contributed by atoms with E-state index in [1.807, 2.05) is 0 Å². The van der Waals surface area contributed by atoms with Crippen molar-refractivity contribution in [1.82, 2.24) is 5.84 Å². The molecule has 0 aliphatic heterocycles. The van der Waals surface area contributed by atoms with E-state index in [-0.39, 0.29) is 61.1 Å². The van der Waals surface area contributed by atoms with E-state index in [1.165, 1.54) is 5.22 Å². The molecule has 0 bridgehead atoms. The minimum atomic E-state index is 0. The molecule has 0 aliphatic rings. The van der Waals surface area contributed by atoms with Crippen LogP contribution in [-0.2, 0) is 0 Å². The van der Waals surface area contributed by atoms with Gasteiger partial charge in [-0.3, -0.25) is 5.22 Å². The molecule has 0 aromatic heterocycles. The van der Waals surface area contributed by atoms with Gasteiger partial charge in [0.25, 0.3) is 0 Å². The standard InChI is InChI=1S/3ClH.N3.Sn/c;;;1-3-2;/h3*1H;;/q;;;-1;+4/p-3. The van der Waals surface area contributed by atoms with Gasteiger partial charge in [0.1, 0.15) is 0 Å². The molecule has 0 fully saturated rings. The molecule has 7 heavy (non-hydrogen) atoms. The molecular weight excluding hydrogens is 267 g/mol. The molecule has 0 aliphatic carbocycles. The molecule has 0 amide bonds. The minimum absolute atomic E-state index is 0. The van der Waals surface area contributed by atoms with Crippen molar-refractivity contribution in [2.75, 3.05) is 0 Å². The van der Waals surface area contributed by atoms with Crippen molar-refractivity contribution in [3.63, 3.8) is 0 Å². The van der Waals surface area contributed by atoms with Gasteiger partial charge in [0.15, 0.2) is 0 Å². The van der Waals surface area contributed by atoms with Crippen molar-refractivity contribution in [2.24, 2.45) is 5.22 Å². The number of halogens is 3. The van der Waals surface area contributed by atoms with Gasteiger partial charge in [-0.1, -0.05) is 0 Å². The molecule has 0 rings (SSSR count). The van der Waals surface area contributed by atoms with E-state index in [0.717, 1.165) is 0 Å². The Balaban J connectivity index is -0.00000000333. The largest absolute Gasteiger partial charge is 4.00 e. The van der Waals surface area contributed by atoms with E-state index >= 15 is 0 Å². The molecule has 7 heteroatoms. The third kappa shape index (κ3) is 159. The van der Waals surface area contributed by atoms with Gasteiger partial charge >= 0.3 is 23.9 Å².